The predicted octanol–water partition coefficient (Wildman–Crippen LogP) is 14.2. The zero-order valence-corrected chi connectivity index (χ0v) is 32.5. The van der Waals surface area contributed by atoms with Gasteiger partial charge in [0, 0.05) is 83.7 Å². The zero-order chi connectivity index (χ0) is 39.8. The molecule has 11 aromatic rings. The summed E-state index contributed by atoms with van der Waals surface area (Å²) in [6.07, 6.45) is 14.8. The first kappa shape index (κ1) is 35.0. The van der Waals surface area contributed by atoms with Crippen LogP contribution in [0.25, 0.3) is 65.3 Å². The molecule has 0 aliphatic carbocycles. The Morgan fingerprint density at radius 2 is 0.583 bits per heavy atom. The first-order chi connectivity index (χ1) is 29.8. The molecular formula is C54H36N6. The van der Waals surface area contributed by atoms with Crippen molar-refractivity contribution in [1.29, 1.82) is 0 Å². The fourth-order valence-electron chi connectivity index (χ4n) is 8.82. The summed E-state index contributed by atoms with van der Waals surface area (Å²) < 4.78 is 0. The van der Waals surface area contributed by atoms with Gasteiger partial charge in [-0.25, -0.2) is 0 Å². The van der Waals surface area contributed by atoms with Gasteiger partial charge in [0.1, 0.15) is 0 Å². The molecule has 7 aromatic carbocycles. The van der Waals surface area contributed by atoms with Gasteiger partial charge in [-0.2, -0.15) is 0 Å². The quantitative estimate of drug-likeness (QED) is 0.144. The van der Waals surface area contributed by atoms with E-state index in [1.807, 2.05) is 49.6 Å². The number of nitrogens with zero attached hydrogens (tertiary/aromatic N) is 6. The van der Waals surface area contributed by atoms with E-state index >= 15 is 0 Å². The molecule has 11 rings (SSSR count). The molecule has 0 fully saturated rings. The summed E-state index contributed by atoms with van der Waals surface area (Å²) in [5, 5.41) is 9.41. The highest BCUT2D eigenvalue weighted by molar-refractivity contribution is 6.26. The Morgan fingerprint density at radius 3 is 0.950 bits per heavy atom. The molecule has 0 unspecified atom stereocenters. The second kappa shape index (κ2) is 14.9. The maximum atomic E-state index is 4.36. The summed E-state index contributed by atoms with van der Waals surface area (Å²) in [4.78, 5) is 22.0. The molecule has 0 spiro atoms. The van der Waals surface area contributed by atoms with Crippen LogP contribution in [0.5, 0.6) is 0 Å². The molecule has 0 radical (unpaired) electrons. The second-order valence-electron chi connectivity index (χ2n) is 14.8. The van der Waals surface area contributed by atoms with E-state index in [2.05, 4.69) is 200 Å². The summed E-state index contributed by atoms with van der Waals surface area (Å²) in [5.74, 6) is 0. The van der Waals surface area contributed by atoms with Crippen LogP contribution in [0.2, 0.25) is 0 Å². The molecule has 6 nitrogen and oxygen atoms in total. The predicted molar refractivity (Wildman–Crippen MR) is 248 cm³/mol. The third kappa shape index (κ3) is 6.06. The van der Waals surface area contributed by atoms with E-state index in [0.717, 1.165) is 55.7 Å². The first-order valence-corrected chi connectivity index (χ1v) is 20.0. The lowest BCUT2D eigenvalue weighted by molar-refractivity contribution is 1.22. The van der Waals surface area contributed by atoms with Gasteiger partial charge >= 0.3 is 0 Å². The van der Waals surface area contributed by atoms with Crippen molar-refractivity contribution in [2.45, 2.75) is 0 Å². The Morgan fingerprint density at radius 1 is 0.250 bits per heavy atom. The number of rotatable bonds is 8. The molecule has 4 aromatic heterocycles. The van der Waals surface area contributed by atoms with E-state index in [1.165, 1.54) is 43.8 Å². The van der Waals surface area contributed by atoms with Gasteiger partial charge in [0.2, 0.25) is 0 Å². The lowest BCUT2D eigenvalue weighted by Crippen LogP contribution is -2.10. The Hall–Kier alpha value is -8.22. The molecule has 0 aliphatic rings. The molecule has 0 atom stereocenters. The molecule has 4 heterocycles. The maximum Gasteiger partial charge on any atom is 0.0492 e. The fourth-order valence-corrected chi connectivity index (χ4v) is 8.82. The molecule has 282 valence electrons. The number of pyridine rings is 4. The van der Waals surface area contributed by atoms with Gasteiger partial charge in [-0.05, 0) is 138 Å². The van der Waals surface area contributed by atoms with Crippen LogP contribution >= 0.6 is 0 Å². The largest absolute Gasteiger partial charge is 0.310 e. The van der Waals surface area contributed by atoms with Crippen molar-refractivity contribution in [2.24, 2.45) is 0 Å². The monoisotopic (exact) mass is 768 g/mol. The number of hydrogen-bond acceptors (Lipinski definition) is 6. The van der Waals surface area contributed by atoms with E-state index in [-0.39, 0.29) is 0 Å². The van der Waals surface area contributed by atoms with Gasteiger partial charge in [-0.3, -0.25) is 19.9 Å². The molecular weight excluding hydrogens is 733 g/mol. The lowest BCUT2D eigenvalue weighted by Gasteiger charge is -2.28. The van der Waals surface area contributed by atoms with Crippen molar-refractivity contribution in [3.05, 3.63) is 219 Å². The fraction of sp³-hybridized carbons (Fsp3) is 0. The van der Waals surface area contributed by atoms with Crippen molar-refractivity contribution >= 4 is 77.2 Å². The number of hydrogen-bond donors (Lipinski definition) is 0. The van der Waals surface area contributed by atoms with Crippen LogP contribution in [0.15, 0.2) is 219 Å². The van der Waals surface area contributed by atoms with Gasteiger partial charge in [0.25, 0.3) is 0 Å². The first-order valence-electron chi connectivity index (χ1n) is 20.0. The average molecular weight is 769 g/mol. The molecule has 0 N–H and O–H groups in total. The van der Waals surface area contributed by atoms with E-state index in [1.54, 1.807) is 0 Å². The minimum Gasteiger partial charge on any atom is -0.310 e. The van der Waals surface area contributed by atoms with Gasteiger partial charge < -0.3 is 9.80 Å². The molecule has 0 saturated heterocycles. The van der Waals surface area contributed by atoms with Crippen LogP contribution in [0, 0.1) is 0 Å². The minimum absolute atomic E-state index is 1.01. The molecule has 0 saturated carbocycles. The highest BCUT2D eigenvalue weighted by atomic mass is 15.1. The van der Waals surface area contributed by atoms with Crippen molar-refractivity contribution in [1.82, 2.24) is 19.9 Å². The standard InChI is InChI=1S/C54H36N6/c1-3-11-45-37(7-1)9-5-13-47(45)53-49-17-15-44(60(41-23-31-57-32-24-41)42-25-33-58-34-26-42)36-52(49)54(48-14-6-10-38-8-2-4-12-46(38)48)50-18-16-43(35-51(50)53)59(39-19-27-55-28-20-39)40-21-29-56-30-22-40/h1-36H. The average Bonchev–Trinajstić information content (AvgIpc) is 3.32. The molecule has 0 amide bonds. The minimum atomic E-state index is 1.01. The normalized spacial score (nSPS) is 11.3. The Kier molecular flexibility index (Phi) is 8.71. The molecule has 0 aliphatic heterocycles. The number of fused-ring (bicyclic) bond motifs is 4. The van der Waals surface area contributed by atoms with Crippen molar-refractivity contribution in [2.75, 3.05) is 9.80 Å². The van der Waals surface area contributed by atoms with Crippen molar-refractivity contribution in [3.63, 3.8) is 0 Å². The summed E-state index contributed by atoms with van der Waals surface area (Å²) in [6, 6.07) is 61.0. The Balaban J connectivity index is 1.30. The van der Waals surface area contributed by atoms with Crippen LogP contribution in [0.4, 0.5) is 34.1 Å². The Bertz CT molecular complexity index is 3010. The summed E-state index contributed by atoms with van der Waals surface area (Å²) in [5.41, 5.74) is 10.8. The van der Waals surface area contributed by atoms with E-state index < -0.39 is 0 Å². The number of aromatic nitrogens is 4. The van der Waals surface area contributed by atoms with Crippen LogP contribution in [0.1, 0.15) is 0 Å². The van der Waals surface area contributed by atoms with Crippen molar-refractivity contribution in [3.8, 4) is 22.3 Å². The van der Waals surface area contributed by atoms with Crippen LogP contribution in [-0.2, 0) is 0 Å². The van der Waals surface area contributed by atoms with Gasteiger partial charge in [-0.15, -0.1) is 0 Å². The molecule has 6 heteroatoms. The SMILES string of the molecule is c1ccc2c(-c3c4ccc(N(c5ccncc5)c5ccncc5)cc4c(-c4cccc5ccccc45)c4ccc(N(c5ccncc5)c5ccncc5)cc34)cccc2c1. The van der Waals surface area contributed by atoms with E-state index in [0.29, 0.717) is 0 Å². The van der Waals surface area contributed by atoms with E-state index in [4.69, 9.17) is 0 Å². The second-order valence-corrected chi connectivity index (χ2v) is 14.8. The van der Waals surface area contributed by atoms with Gasteiger partial charge in [-0.1, -0.05) is 97.1 Å². The topological polar surface area (TPSA) is 58.0 Å². The summed E-state index contributed by atoms with van der Waals surface area (Å²) in [6.45, 7) is 0. The summed E-state index contributed by atoms with van der Waals surface area (Å²) in [7, 11) is 0. The van der Waals surface area contributed by atoms with Crippen molar-refractivity contribution < 1.29 is 0 Å². The highest BCUT2D eigenvalue weighted by Crippen LogP contribution is 2.50. The zero-order valence-electron chi connectivity index (χ0n) is 32.5. The van der Waals surface area contributed by atoms with E-state index in [9.17, 15) is 0 Å². The Labute approximate surface area is 347 Å². The van der Waals surface area contributed by atoms with Gasteiger partial charge in [0.15, 0.2) is 0 Å². The number of anilines is 6. The lowest BCUT2D eigenvalue weighted by atomic mass is 9.83. The smallest absolute Gasteiger partial charge is 0.0492 e. The molecule has 60 heavy (non-hydrogen) atoms. The third-order valence-electron chi connectivity index (χ3n) is 11.4. The van der Waals surface area contributed by atoms with Crippen LogP contribution in [0.3, 0.4) is 0 Å². The highest BCUT2D eigenvalue weighted by Gasteiger charge is 2.23. The van der Waals surface area contributed by atoms with Crippen LogP contribution in [-0.4, -0.2) is 19.9 Å². The third-order valence-corrected chi connectivity index (χ3v) is 11.4. The van der Waals surface area contributed by atoms with Crippen LogP contribution < -0.4 is 9.80 Å². The van der Waals surface area contributed by atoms with Gasteiger partial charge in [0.05, 0.1) is 0 Å². The summed E-state index contributed by atoms with van der Waals surface area (Å²) >= 11 is 0. The molecule has 0 bridgehead atoms. The maximum absolute atomic E-state index is 4.36. The number of benzene rings is 7.